The predicted octanol–water partition coefficient (Wildman–Crippen LogP) is 3.02. The number of benzene rings is 2. The Bertz CT molecular complexity index is 697. The number of ether oxygens (including phenoxy) is 2. The van der Waals surface area contributed by atoms with E-state index in [-0.39, 0.29) is 18.2 Å². The van der Waals surface area contributed by atoms with Crippen molar-refractivity contribution in [2.24, 2.45) is 0 Å². The van der Waals surface area contributed by atoms with Gasteiger partial charge in [-0.3, -0.25) is 4.90 Å². The third-order valence-electron chi connectivity index (χ3n) is 5.73. The van der Waals surface area contributed by atoms with E-state index in [4.69, 9.17) is 9.47 Å². The topological polar surface area (TPSA) is 41.9 Å². The molecule has 2 aromatic rings. The number of hydrogen-bond donors (Lipinski definition) is 1. The second-order valence-corrected chi connectivity index (χ2v) is 7.67. The van der Waals surface area contributed by atoms with Crippen LogP contribution in [0.1, 0.15) is 29.5 Å². The highest BCUT2D eigenvalue weighted by atomic mass is 16.5. The van der Waals surface area contributed by atoms with Gasteiger partial charge in [-0.2, -0.15) is 0 Å². The van der Waals surface area contributed by atoms with Crippen molar-refractivity contribution in [1.82, 2.24) is 4.90 Å². The minimum absolute atomic E-state index is 0.136. The van der Waals surface area contributed by atoms with Gasteiger partial charge < -0.3 is 14.6 Å². The molecule has 1 saturated heterocycles. The van der Waals surface area contributed by atoms with Gasteiger partial charge in [-0.25, -0.2) is 0 Å². The van der Waals surface area contributed by atoms with Gasteiger partial charge in [-0.05, 0) is 29.5 Å². The summed E-state index contributed by atoms with van der Waals surface area (Å²) in [4.78, 5) is 2.36. The Hall–Kier alpha value is -1.72. The van der Waals surface area contributed by atoms with Crippen molar-refractivity contribution in [2.75, 3.05) is 26.3 Å². The molecule has 4 nitrogen and oxygen atoms in total. The molecule has 0 aromatic heterocycles. The van der Waals surface area contributed by atoms with E-state index in [9.17, 15) is 5.11 Å². The molecule has 1 heterocycles. The van der Waals surface area contributed by atoms with E-state index in [1.807, 2.05) is 6.07 Å². The minimum Gasteiger partial charge on any atom is -0.391 e. The molecule has 27 heavy (non-hydrogen) atoms. The average Bonchev–Trinajstić information content (AvgIpc) is 3.09. The summed E-state index contributed by atoms with van der Waals surface area (Å²) in [6.45, 7) is 3.97. The van der Waals surface area contributed by atoms with Crippen molar-refractivity contribution >= 4 is 0 Å². The van der Waals surface area contributed by atoms with E-state index in [0.29, 0.717) is 6.61 Å². The third-order valence-corrected chi connectivity index (χ3v) is 5.73. The number of aliphatic hydroxyl groups excluding tert-OH is 1. The molecule has 4 rings (SSSR count). The van der Waals surface area contributed by atoms with E-state index < -0.39 is 0 Å². The van der Waals surface area contributed by atoms with Crippen molar-refractivity contribution in [1.29, 1.82) is 0 Å². The van der Waals surface area contributed by atoms with Crippen molar-refractivity contribution in [3.63, 3.8) is 0 Å². The van der Waals surface area contributed by atoms with Crippen LogP contribution in [0.2, 0.25) is 0 Å². The van der Waals surface area contributed by atoms with Gasteiger partial charge in [0, 0.05) is 25.6 Å². The zero-order chi connectivity index (χ0) is 18.5. The maximum absolute atomic E-state index is 10.4. The number of aliphatic hydroxyl groups is 1. The highest BCUT2D eigenvalue weighted by Crippen LogP contribution is 2.28. The van der Waals surface area contributed by atoms with Gasteiger partial charge in [0.25, 0.3) is 0 Å². The lowest BCUT2D eigenvalue weighted by molar-refractivity contribution is -0.0121. The molecular formula is C23H29NO3. The summed E-state index contributed by atoms with van der Waals surface area (Å²) in [7, 11) is 0. The van der Waals surface area contributed by atoms with Crippen LogP contribution >= 0.6 is 0 Å². The second-order valence-electron chi connectivity index (χ2n) is 7.67. The summed E-state index contributed by atoms with van der Waals surface area (Å²) in [5.74, 6) is 0. The first kappa shape index (κ1) is 18.6. The van der Waals surface area contributed by atoms with Gasteiger partial charge >= 0.3 is 0 Å². The summed E-state index contributed by atoms with van der Waals surface area (Å²) >= 11 is 0. The summed E-state index contributed by atoms with van der Waals surface area (Å²) in [5, 5.41) is 10.4. The van der Waals surface area contributed by atoms with Crippen LogP contribution in [0.25, 0.3) is 0 Å². The lowest BCUT2D eigenvalue weighted by atomic mass is 10.0. The fraction of sp³-hybridized carbons (Fsp3) is 0.478. The molecule has 3 atom stereocenters. The maximum atomic E-state index is 10.4. The zero-order valence-electron chi connectivity index (χ0n) is 15.8. The van der Waals surface area contributed by atoms with Crippen LogP contribution in [-0.4, -0.2) is 54.6 Å². The number of rotatable bonds is 6. The molecule has 1 aliphatic heterocycles. The quantitative estimate of drug-likeness (QED) is 0.852. The Morgan fingerprint density at radius 2 is 1.56 bits per heavy atom. The molecule has 2 aromatic carbocycles. The SMILES string of the molecule is O[C@H]1C[C@@H](OCc2ccc(Cc3ccccc3)cc2)C[C@@H]1N1CCOCC1. The molecule has 1 saturated carbocycles. The molecule has 0 bridgehead atoms. The van der Waals surface area contributed by atoms with Crippen LogP contribution in [0.3, 0.4) is 0 Å². The highest BCUT2D eigenvalue weighted by Gasteiger charge is 2.37. The van der Waals surface area contributed by atoms with Crippen LogP contribution < -0.4 is 0 Å². The smallest absolute Gasteiger partial charge is 0.0721 e. The van der Waals surface area contributed by atoms with Crippen molar-refractivity contribution in [3.05, 3.63) is 71.3 Å². The predicted molar refractivity (Wildman–Crippen MR) is 106 cm³/mol. The number of nitrogens with zero attached hydrogens (tertiary/aromatic N) is 1. The fourth-order valence-corrected chi connectivity index (χ4v) is 4.19. The summed E-state index contributed by atoms with van der Waals surface area (Å²) < 4.78 is 11.5. The lowest BCUT2D eigenvalue weighted by Crippen LogP contribution is -2.46. The fourth-order valence-electron chi connectivity index (χ4n) is 4.19. The van der Waals surface area contributed by atoms with E-state index >= 15 is 0 Å². The van der Waals surface area contributed by atoms with Crippen molar-refractivity contribution in [2.45, 2.75) is 44.1 Å². The van der Waals surface area contributed by atoms with Gasteiger partial charge in [0.1, 0.15) is 0 Å². The molecule has 2 aliphatic rings. The number of morpholine rings is 1. The first-order valence-electron chi connectivity index (χ1n) is 10.0. The molecule has 0 unspecified atom stereocenters. The number of hydrogen-bond acceptors (Lipinski definition) is 4. The zero-order valence-corrected chi connectivity index (χ0v) is 15.8. The highest BCUT2D eigenvalue weighted by molar-refractivity contribution is 5.28. The largest absolute Gasteiger partial charge is 0.391 e. The van der Waals surface area contributed by atoms with Gasteiger partial charge in [-0.15, -0.1) is 0 Å². The van der Waals surface area contributed by atoms with E-state index in [1.54, 1.807) is 0 Å². The Morgan fingerprint density at radius 1 is 0.889 bits per heavy atom. The van der Waals surface area contributed by atoms with Crippen LogP contribution in [0.15, 0.2) is 54.6 Å². The molecule has 2 fully saturated rings. The van der Waals surface area contributed by atoms with Crippen molar-refractivity contribution in [3.8, 4) is 0 Å². The van der Waals surface area contributed by atoms with Gasteiger partial charge in [0.15, 0.2) is 0 Å². The molecule has 1 aliphatic carbocycles. The van der Waals surface area contributed by atoms with E-state index in [2.05, 4.69) is 53.4 Å². The summed E-state index contributed by atoms with van der Waals surface area (Å²) in [6, 6.07) is 19.4. The molecule has 1 N–H and O–H groups in total. The van der Waals surface area contributed by atoms with E-state index in [0.717, 1.165) is 45.6 Å². The first-order chi connectivity index (χ1) is 13.3. The molecule has 0 amide bonds. The Kier molecular flexibility index (Phi) is 6.20. The Morgan fingerprint density at radius 3 is 2.30 bits per heavy atom. The lowest BCUT2D eigenvalue weighted by Gasteiger charge is -2.33. The van der Waals surface area contributed by atoms with E-state index in [1.165, 1.54) is 16.7 Å². The molecular weight excluding hydrogens is 338 g/mol. The van der Waals surface area contributed by atoms with Crippen LogP contribution in [0.4, 0.5) is 0 Å². The minimum atomic E-state index is -0.290. The second kappa shape index (κ2) is 8.98. The van der Waals surface area contributed by atoms with Crippen LogP contribution in [-0.2, 0) is 22.5 Å². The standard InChI is InChI=1S/C23H29NO3/c25-23-16-21(15-22(23)24-10-12-26-13-11-24)27-17-20-8-6-19(7-9-20)14-18-4-2-1-3-5-18/h1-9,21-23,25H,10-17H2/t21-,22-,23-/m0/s1. The van der Waals surface area contributed by atoms with Crippen LogP contribution in [0, 0.1) is 0 Å². The average molecular weight is 367 g/mol. The first-order valence-corrected chi connectivity index (χ1v) is 10.0. The Labute approximate surface area is 161 Å². The van der Waals surface area contributed by atoms with Gasteiger partial charge in [-0.1, -0.05) is 54.6 Å². The maximum Gasteiger partial charge on any atom is 0.0721 e. The van der Waals surface area contributed by atoms with Gasteiger partial charge in [0.05, 0.1) is 32.0 Å². The summed E-state index contributed by atoms with van der Waals surface area (Å²) in [6.07, 6.45) is 2.44. The summed E-state index contributed by atoms with van der Waals surface area (Å²) in [5.41, 5.74) is 3.83. The van der Waals surface area contributed by atoms with Crippen LogP contribution in [0.5, 0.6) is 0 Å². The normalized spacial score (nSPS) is 26.3. The molecule has 0 spiro atoms. The monoisotopic (exact) mass is 367 g/mol. The third kappa shape index (κ3) is 4.96. The molecule has 144 valence electrons. The Balaban J connectivity index is 1.26. The van der Waals surface area contributed by atoms with Gasteiger partial charge in [0.2, 0.25) is 0 Å². The molecule has 4 heteroatoms. The van der Waals surface area contributed by atoms with Crippen molar-refractivity contribution < 1.29 is 14.6 Å². The molecule has 0 radical (unpaired) electrons.